The number of benzene rings is 1. The van der Waals surface area contributed by atoms with Crippen LogP contribution in [-0.2, 0) is 30.9 Å². The van der Waals surface area contributed by atoms with Gasteiger partial charge in [-0.05, 0) is 37.0 Å². The number of amides is 1. The smallest absolute Gasteiger partial charge is 0.409 e. The monoisotopic (exact) mass is 519 g/mol. The Balaban J connectivity index is 1.29. The summed E-state index contributed by atoms with van der Waals surface area (Å²) in [6.45, 7) is 8.31. The van der Waals surface area contributed by atoms with Gasteiger partial charge in [-0.25, -0.2) is 14.8 Å². The second kappa shape index (κ2) is 12.5. The average molecular weight is 520 g/mol. The number of carbonyl (C=O) groups is 1. The van der Waals surface area contributed by atoms with Crippen LogP contribution in [0, 0.1) is 18.8 Å². The van der Waals surface area contributed by atoms with Crippen molar-refractivity contribution in [2.75, 3.05) is 32.9 Å². The van der Waals surface area contributed by atoms with Gasteiger partial charge in [-0.15, -0.1) is 0 Å². The van der Waals surface area contributed by atoms with Crippen molar-refractivity contribution >= 4 is 17.5 Å². The highest BCUT2D eigenvalue weighted by molar-refractivity contribution is 7.75. The van der Waals surface area contributed by atoms with Crippen molar-refractivity contribution < 1.29 is 31.6 Å². The van der Waals surface area contributed by atoms with Crippen LogP contribution in [0.3, 0.4) is 0 Å². The molecule has 11 heteroatoms. The highest BCUT2D eigenvalue weighted by Gasteiger charge is 2.26. The van der Waals surface area contributed by atoms with Gasteiger partial charge in [0.05, 0.1) is 25.4 Å². The zero-order chi connectivity index (χ0) is 25.5. The Labute approximate surface area is 214 Å². The molecule has 2 aliphatic rings. The Morgan fingerprint density at radius 2 is 1.78 bits per heavy atom. The number of aromatic nitrogens is 2. The molecule has 0 atom stereocenters. The van der Waals surface area contributed by atoms with Crippen molar-refractivity contribution in [1.82, 2.24) is 14.9 Å². The third-order valence-corrected chi connectivity index (χ3v) is 6.63. The molecule has 10 nitrogen and oxygen atoms in total. The molecule has 2 saturated heterocycles. The molecule has 0 bridgehead atoms. The average Bonchev–Trinajstić information content (AvgIpc) is 2.88. The lowest BCUT2D eigenvalue weighted by Gasteiger charge is -2.31. The third-order valence-electron chi connectivity index (χ3n) is 5.97. The summed E-state index contributed by atoms with van der Waals surface area (Å²) < 4.78 is 38.7. The van der Waals surface area contributed by atoms with E-state index in [0.717, 1.165) is 12.0 Å². The summed E-state index contributed by atoms with van der Waals surface area (Å²) in [6, 6.07) is 7.73. The zero-order valence-corrected chi connectivity index (χ0v) is 21.7. The number of rotatable bonds is 8. The quantitative estimate of drug-likeness (QED) is 0.511. The predicted octanol–water partition coefficient (Wildman–Crippen LogP) is 4.00. The van der Waals surface area contributed by atoms with Crippen LogP contribution >= 0.6 is 0 Å². The van der Waals surface area contributed by atoms with Gasteiger partial charge in [-0.2, -0.15) is 4.21 Å². The normalized spacial score (nSPS) is 20.8. The van der Waals surface area contributed by atoms with Gasteiger partial charge in [-0.1, -0.05) is 26.0 Å². The van der Waals surface area contributed by atoms with E-state index in [2.05, 4.69) is 9.97 Å². The minimum absolute atomic E-state index is 0.0509. The fourth-order valence-electron chi connectivity index (χ4n) is 3.93. The van der Waals surface area contributed by atoms with Crippen LogP contribution in [0.4, 0.5) is 4.79 Å². The molecule has 0 radical (unpaired) electrons. The predicted molar refractivity (Wildman–Crippen MR) is 132 cm³/mol. The SMILES string of the molecule is Cc1c(Oc2ccc(CC3COS(=O)OC3)cc2)ncnc1OC1CCN(C(=O)OCC(C)C)CC1. The first-order chi connectivity index (χ1) is 17.4. The fraction of sp³-hybridized carbons (Fsp3) is 0.560. The number of hydrogen-bond acceptors (Lipinski definition) is 9. The first-order valence-corrected chi connectivity index (χ1v) is 13.2. The third kappa shape index (κ3) is 7.37. The van der Waals surface area contributed by atoms with Gasteiger partial charge in [0.15, 0.2) is 0 Å². The lowest BCUT2D eigenvalue weighted by atomic mass is 10.0. The van der Waals surface area contributed by atoms with Crippen LogP contribution in [0.5, 0.6) is 17.5 Å². The van der Waals surface area contributed by atoms with Crippen molar-refractivity contribution in [3.63, 3.8) is 0 Å². The van der Waals surface area contributed by atoms with Gasteiger partial charge >= 0.3 is 17.5 Å². The molecule has 0 aliphatic carbocycles. The molecule has 2 fully saturated rings. The van der Waals surface area contributed by atoms with Crippen LogP contribution in [0.1, 0.15) is 37.8 Å². The zero-order valence-electron chi connectivity index (χ0n) is 20.9. The van der Waals surface area contributed by atoms with E-state index in [0.29, 0.717) is 74.7 Å². The molecule has 0 saturated carbocycles. The van der Waals surface area contributed by atoms with Gasteiger partial charge < -0.3 is 19.1 Å². The van der Waals surface area contributed by atoms with Crippen LogP contribution in [0.2, 0.25) is 0 Å². The van der Waals surface area contributed by atoms with Crippen molar-refractivity contribution in [1.29, 1.82) is 0 Å². The molecule has 1 amide bonds. The number of piperidine rings is 1. The van der Waals surface area contributed by atoms with Crippen molar-refractivity contribution in [3.05, 3.63) is 41.7 Å². The molecule has 0 N–H and O–H groups in total. The molecule has 4 rings (SSSR count). The summed E-state index contributed by atoms with van der Waals surface area (Å²) in [5, 5.41) is 0. The van der Waals surface area contributed by atoms with E-state index in [9.17, 15) is 9.00 Å². The molecular formula is C25H33N3O7S. The number of nitrogens with zero attached hydrogens (tertiary/aromatic N) is 3. The first kappa shape index (κ1) is 26.3. The molecular weight excluding hydrogens is 486 g/mol. The first-order valence-electron chi connectivity index (χ1n) is 12.2. The molecule has 1 aromatic carbocycles. The second-order valence-electron chi connectivity index (χ2n) is 9.47. The van der Waals surface area contributed by atoms with Crippen molar-refractivity contribution in [2.24, 2.45) is 11.8 Å². The van der Waals surface area contributed by atoms with E-state index in [1.807, 2.05) is 45.0 Å². The highest BCUT2D eigenvalue weighted by Crippen LogP contribution is 2.29. The van der Waals surface area contributed by atoms with E-state index in [4.69, 9.17) is 22.6 Å². The van der Waals surface area contributed by atoms with Gasteiger partial charge in [0, 0.05) is 31.8 Å². The van der Waals surface area contributed by atoms with E-state index in [1.165, 1.54) is 6.33 Å². The molecule has 2 aromatic rings. The lowest BCUT2D eigenvalue weighted by molar-refractivity contribution is 0.0603. The van der Waals surface area contributed by atoms with E-state index >= 15 is 0 Å². The number of hydrogen-bond donors (Lipinski definition) is 0. The molecule has 2 aliphatic heterocycles. The van der Waals surface area contributed by atoms with Gasteiger partial charge in [0.2, 0.25) is 11.8 Å². The minimum Gasteiger partial charge on any atom is -0.474 e. The fourth-order valence-corrected chi connectivity index (χ4v) is 4.60. The molecule has 36 heavy (non-hydrogen) atoms. The van der Waals surface area contributed by atoms with Crippen molar-refractivity contribution in [3.8, 4) is 17.5 Å². The largest absolute Gasteiger partial charge is 0.474 e. The summed E-state index contributed by atoms with van der Waals surface area (Å²) in [5.74, 6) is 2.03. The maximum atomic E-state index is 12.2. The van der Waals surface area contributed by atoms with Gasteiger partial charge in [-0.3, -0.25) is 8.37 Å². The Kier molecular flexibility index (Phi) is 9.11. The molecule has 0 spiro atoms. The van der Waals surface area contributed by atoms with E-state index in [-0.39, 0.29) is 18.1 Å². The van der Waals surface area contributed by atoms with Crippen LogP contribution in [0.25, 0.3) is 0 Å². The van der Waals surface area contributed by atoms with E-state index < -0.39 is 11.4 Å². The summed E-state index contributed by atoms with van der Waals surface area (Å²) in [5.41, 5.74) is 1.82. The Morgan fingerprint density at radius 1 is 1.11 bits per heavy atom. The number of carbonyl (C=O) groups excluding carboxylic acids is 1. The second-order valence-corrected chi connectivity index (χ2v) is 10.4. The highest BCUT2D eigenvalue weighted by atomic mass is 32.2. The van der Waals surface area contributed by atoms with Crippen LogP contribution < -0.4 is 9.47 Å². The van der Waals surface area contributed by atoms with E-state index in [1.54, 1.807) is 4.90 Å². The lowest BCUT2D eigenvalue weighted by Crippen LogP contribution is -2.42. The Hall–Kier alpha value is -2.76. The van der Waals surface area contributed by atoms with Crippen molar-refractivity contribution in [2.45, 2.75) is 46.1 Å². The van der Waals surface area contributed by atoms with Crippen LogP contribution in [-0.4, -0.2) is 64.2 Å². The van der Waals surface area contributed by atoms with Crippen LogP contribution in [0.15, 0.2) is 30.6 Å². The maximum absolute atomic E-state index is 12.2. The Morgan fingerprint density at radius 3 is 2.44 bits per heavy atom. The molecule has 3 heterocycles. The minimum atomic E-state index is -1.62. The number of ether oxygens (including phenoxy) is 3. The summed E-state index contributed by atoms with van der Waals surface area (Å²) in [7, 11) is 0. The summed E-state index contributed by atoms with van der Waals surface area (Å²) in [6.07, 6.45) is 3.27. The number of likely N-dealkylation sites (tertiary alicyclic amines) is 1. The summed E-state index contributed by atoms with van der Waals surface area (Å²) >= 11 is -1.62. The standard InChI is InChI=1S/C25H33N3O7S/c1-17(2)13-31-25(29)28-10-8-22(9-11-28)35-24-18(3)23(26-16-27-24)34-21-6-4-19(5-7-21)12-20-14-32-36(30)33-15-20/h4-7,16-17,20,22H,8-15H2,1-3H3. The maximum Gasteiger partial charge on any atom is 0.409 e. The Bertz CT molecular complexity index is 1030. The molecule has 1 aromatic heterocycles. The molecule has 196 valence electrons. The molecule has 0 unspecified atom stereocenters. The van der Waals surface area contributed by atoms with Gasteiger partial charge in [0.25, 0.3) is 0 Å². The topological polar surface area (TPSA) is 109 Å². The summed E-state index contributed by atoms with van der Waals surface area (Å²) in [4.78, 5) is 22.5. The van der Waals surface area contributed by atoms with Gasteiger partial charge in [0.1, 0.15) is 18.2 Å².